The van der Waals surface area contributed by atoms with E-state index in [2.05, 4.69) is 10.5 Å². The number of benzene rings is 1. The van der Waals surface area contributed by atoms with Crippen molar-refractivity contribution >= 4 is 35.1 Å². The van der Waals surface area contributed by atoms with E-state index in [0.29, 0.717) is 5.02 Å². The average molecular weight is 281 g/mol. The van der Waals surface area contributed by atoms with Crippen molar-refractivity contribution in [3.63, 3.8) is 0 Å². The van der Waals surface area contributed by atoms with Crippen molar-refractivity contribution in [2.24, 2.45) is 5.10 Å². The van der Waals surface area contributed by atoms with Gasteiger partial charge in [0.2, 0.25) is 0 Å². The molecular formula is C12H9ClN2O2S. The second-order valence-corrected chi connectivity index (χ2v) is 4.63. The molecule has 1 heterocycles. The number of carbonyl (C=O) groups is 1. The molecule has 1 aromatic carbocycles. The highest BCUT2D eigenvalue weighted by molar-refractivity contribution is 7.08. The van der Waals surface area contributed by atoms with Crippen LogP contribution in [0.2, 0.25) is 5.02 Å². The molecule has 0 saturated heterocycles. The van der Waals surface area contributed by atoms with Crippen LogP contribution in [0.25, 0.3) is 0 Å². The van der Waals surface area contributed by atoms with Gasteiger partial charge in [0.05, 0.1) is 11.8 Å². The van der Waals surface area contributed by atoms with Gasteiger partial charge in [-0.3, -0.25) is 4.79 Å². The summed E-state index contributed by atoms with van der Waals surface area (Å²) >= 11 is 7.29. The molecule has 0 aliphatic carbocycles. The molecule has 2 rings (SSSR count). The molecule has 0 atom stereocenters. The minimum absolute atomic E-state index is 0.0879. The number of nitrogens with one attached hydrogen (secondary N) is 1. The van der Waals surface area contributed by atoms with Crippen molar-refractivity contribution in [1.29, 1.82) is 0 Å². The first-order valence-corrected chi connectivity index (χ1v) is 6.33. The maximum atomic E-state index is 11.7. The molecule has 0 aliphatic rings. The lowest BCUT2D eigenvalue weighted by Gasteiger charge is -2.02. The predicted octanol–water partition coefficient (Wildman–Crippen LogP) is 2.87. The Morgan fingerprint density at radius 2 is 2.28 bits per heavy atom. The Bertz CT molecular complexity index is 582. The summed E-state index contributed by atoms with van der Waals surface area (Å²) in [6, 6.07) is 6.12. The Hall–Kier alpha value is -1.85. The number of thiophene rings is 1. The Morgan fingerprint density at radius 1 is 1.44 bits per heavy atom. The summed E-state index contributed by atoms with van der Waals surface area (Å²) < 4.78 is 0. The fraction of sp³-hybridized carbons (Fsp3) is 0. The highest BCUT2D eigenvalue weighted by Crippen LogP contribution is 2.21. The summed E-state index contributed by atoms with van der Waals surface area (Å²) in [6.45, 7) is 0. The summed E-state index contributed by atoms with van der Waals surface area (Å²) in [5, 5.41) is 17.5. The summed E-state index contributed by atoms with van der Waals surface area (Å²) in [5.74, 6) is -0.649. The number of phenolic OH excluding ortho intramolecular Hbond substituents is 1. The second-order valence-electron chi connectivity index (χ2n) is 3.42. The number of carbonyl (C=O) groups excluding carboxylic acids is 1. The van der Waals surface area contributed by atoms with Crippen molar-refractivity contribution in [3.8, 4) is 5.75 Å². The standard InChI is InChI=1S/C12H9ClN2O2S/c13-9-1-2-11(16)10(5-9)12(17)15-14-6-8-3-4-18-7-8/h1-7,16H,(H,15,17). The number of hydrogen-bond donors (Lipinski definition) is 2. The number of halogens is 1. The highest BCUT2D eigenvalue weighted by atomic mass is 35.5. The van der Waals surface area contributed by atoms with E-state index in [-0.39, 0.29) is 11.3 Å². The Morgan fingerprint density at radius 3 is 3.00 bits per heavy atom. The van der Waals surface area contributed by atoms with Crippen molar-refractivity contribution in [3.05, 3.63) is 51.2 Å². The molecule has 4 nitrogen and oxygen atoms in total. The van der Waals surface area contributed by atoms with Gasteiger partial charge in [-0.05, 0) is 35.0 Å². The fourth-order valence-corrected chi connectivity index (χ4v) is 2.05. The summed E-state index contributed by atoms with van der Waals surface area (Å²) in [6.07, 6.45) is 1.52. The summed E-state index contributed by atoms with van der Waals surface area (Å²) in [4.78, 5) is 11.7. The SMILES string of the molecule is O=C(NN=Cc1ccsc1)c1cc(Cl)ccc1O. The lowest BCUT2D eigenvalue weighted by molar-refractivity contribution is 0.0952. The van der Waals surface area contributed by atoms with Gasteiger partial charge < -0.3 is 5.11 Å². The molecule has 6 heteroatoms. The van der Waals surface area contributed by atoms with Gasteiger partial charge in [0.15, 0.2) is 0 Å². The molecule has 0 unspecified atom stereocenters. The first-order chi connectivity index (χ1) is 8.66. The molecule has 1 amide bonds. The van der Waals surface area contributed by atoms with Crippen LogP contribution in [0.3, 0.4) is 0 Å². The molecule has 2 aromatic rings. The zero-order valence-corrected chi connectivity index (χ0v) is 10.7. The molecule has 0 radical (unpaired) electrons. The smallest absolute Gasteiger partial charge is 0.275 e. The lowest BCUT2D eigenvalue weighted by atomic mass is 10.2. The third kappa shape index (κ3) is 3.09. The van der Waals surface area contributed by atoms with Gasteiger partial charge in [0.25, 0.3) is 5.91 Å². The molecule has 0 fully saturated rings. The minimum Gasteiger partial charge on any atom is -0.507 e. The topological polar surface area (TPSA) is 61.7 Å². The quantitative estimate of drug-likeness (QED) is 0.671. The number of rotatable bonds is 3. The third-order valence-corrected chi connectivity index (χ3v) is 3.06. The zero-order chi connectivity index (χ0) is 13.0. The molecule has 2 N–H and O–H groups in total. The molecule has 92 valence electrons. The lowest BCUT2D eigenvalue weighted by Crippen LogP contribution is -2.17. The summed E-state index contributed by atoms with van der Waals surface area (Å²) in [7, 11) is 0. The van der Waals surface area contributed by atoms with Gasteiger partial charge in [0.1, 0.15) is 5.75 Å². The minimum atomic E-state index is -0.513. The number of aromatic hydroxyl groups is 1. The first kappa shape index (κ1) is 12.6. The Kier molecular flexibility index (Phi) is 3.96. The number of nitrogens with zero attached hydrogens (tertiary/aromatic N) is 1. The molecule has 1 aromatic heterocycles. The largest absolute Gasteiger partial charge is 0.507 e. The van der Waals surface area contributed by atoms with E-state index in [0.717, 1.165) is 5.56 Å². The van der Waals surface area contributed by atoms with Crippen molar-refractivity contribution in [1.82, 2.24) is 5.43 Å². The van der Waals surface area contributed by atoms with Gasteiger partial charge in [-0.2, -0.15) is 16.4 Å². The monoisotopic (exact) mass is 280 g/mol. The number of amides is 1. The Balaban J connectivity index is 2.06. The van der Waals surface area contributed by atoms with Gasteiger partial charge in [-0.25, -0.2) is 5.43 Å². The normalized spacial score (nSPS) is 10.7. The first-order valence-electron chi connectivity index (χ1n) is 5.01. The van der Waals surface area contributed by atoms with Crippen LogP contribution in [0, 0.1) is 0 Å². The van der Waals surface area contributed by atoms with Crippen LogP contribution >= 0.6 is 22.9 Å². The molecule has 18 heavy (non-hydrogen) atoms. The Labute approximate surface area is 113 Å². The second kappa shape index (κ2) is 5.66. The molecule has 0 spiro atoms. The van der Waals surface area contributed by atoms with E-state index in [1.807, 2.05) is 16.8 Å². The summed E-state index contributed by atoms with van der Waals surface area (Å²) in [5.41, 5.74) is 3.31. The van der Waals surface area contributed by atoms with Crippen molar-refractivity contribution in [2.75, 3.05) is 0 Å². The van der Waals surface area contributed by atoms with Gasteiger partial charge in [-0.1, -0.05) is 11.6 Å². The van der Waals surface area contributed by atoms with Crippen LogP contribution in [0.15, 0.2) is 40.1 Å². The van der Waals surface area contributed by atoms with E-state index in [1.54, 1.807) is 0 Å². The molecule has 0 aliphatic heterocycles. The number of hydrogen-bond acceptors (Lipinski definition) is 4. The number of hydrazone groups is 1. The van der Waals surface area contributed by atoms with Gasteiger partial charge >= 0.3 is 0 Å². The van der Waals surface area contributed by atoms with E-state index >= 15 is 0 Å². The van der Waals surface area contributed by atoms with E-state index in [4.69, 9.17) is 11.6 Å². The third-order valence-electron chi connectivity index (χ3n) is 2.13. The van der Waals surface area contributed by atoms with Crippen molar-refractivity contribution < 1.29 is 9.90 Å². The van der Waals surface area contributed by atoms with Crippen LogP contribution in [-0.4, -0.2) is 17.2 Å². The molecule has 0 bridgehead atoms. The van der Waals surface area contributed by atoms with Crippen LogP contribution in [0.1, 0.15) is 15.9 Å². The fourth-order valence-electron chi connectivity index (χ4n) is 1.26. The van der Waals surface area contributed by atoms with E-state index in [1.165, 1.54) is 35.8 Å². The van der Waals surface area contributed by atoms with Crippen LogP contribution < -0.4 is 5.43 Å². The van der Waals surface area contributed by atoms with Crippen LogP contribution in [0.4, 0.5) is 0 Å². The molecule has 0 saturated carbocycles. The van der Waals surface area contributed by atoms with Crippen LogP contribution in [0.5, 0.6) is 5.75 Å². The maximum Gasteiger partial charge on any atom is 0.275 e. The van der Waals surface area contributed by atoms with Gasteiger partial charge in [-0.15, -0.1) is 0 Å². The highest BCUT2D eigenvalue weighted by Gasteiger charge is 2.10. The predicted molar refractivity (Wildman–Crippen MR) is 72.5 cm³/mol. The van der Waals surface area contributed by atoms with Crippen LogP contribution in [-0.2, 0) is 0 Å². The van der Waals surface area contributed by atoms with Gasteiger partial charge in [0, 0.05) is 10.6 Å². The molecular weight excluding hydrogens is 272 g/mol. The van der Waals surface area contributed by atoms with E-state index in [9.17, 15) is 9.90 Å². The van der Waals surface area contributed by atoms with Crippen molar-refractivity contribution in [2.45, 2.75) is 0 Å². The average Bonchev–Trinajstić information content (AvgIpc) is 2.85. The maximum absolute atomic E-state index is 11.7. The zero-order valence-electron chi connectivity index (χ0n) is 9.13. The van der Waals surface area contributed by atoms with E-state index < -0.39 is 5.91 Å². The number of phenols is 1.